The summed E-state index contributed by atoms with van der Waals surface area (Å²) in [7, 11) is -3.55. The van der Waals surface area contributed by atoms with E-state index in [1.54, 1.807) is 37.3 Å². The highest BCUT2D eigenvalue weighted by Gasteiger charge is 2.27. The van der Waals surface area contributed by atoms with Crippen LogP contribution in [0.25, 0.3) is 0 Å². The Hall–Kier alpha value is -2.94. The number of nitrogens with zero attached hydrogens (tertiary/aromatic N) is 2. The van der Waals surface area contributed by atoms with E-state index in [1.165, 1.54) is 15.3 Å². The van der Waals surface area contributed by atoms with Gasteiger partial charge >= 0.3 is 0 Å². The van der Waals surface area contributed by atoms with E-state index in [4.69, 9.17) is 0 Å². The van der Waals surface area contributed by atoms with Crippen LogP contribution < -0.4 is 9.62 Å². The van der Waals surface area contributed by atoms with Gasteiger partial charge in [0.15, 0.2) is 0 Å². The van der Waals surface area contributed by atoms with E-state index >= 15 is 0 Å². The second-order valence-electron chi connectivity index (χ2n) is 8.73. The lowest BCUT2D eigenvalue weighted by molar-refractivity contribution is -0.140. The van der Waals surface area contributed by atoms with Crippen LogP contribution >= 0.6 is 0 Å². The molecule has 0 aliphatic heterocycles. The molecule has 186 valence electrons. The zero-order valence-electron chi connectivity index (χ0n) is 20.4. The maximum absolute atomic E-state index is 14.3. The molecule has 0 radical (unpaired) electrons. The average Bonchev–Trinajstić information content (AvgIpc) is 2.75. The van der Waals surface area contributed by atoms with Gasteiger partial charge in [-0.3, -0.25) is 13.9 Å². The van der Waals surface area contributed by atoms with E-state index < -0.39 is 21.9 Å². The number of aryl methyl sites for hydroxylation is 1. The van der Waals surface area contributed by atoms with Crippen LogP contribution in [-0.2, 0) is 26.2 Å². The van der Waals surface area contributed by atoms with E-state index in [9.17, 15) is 22.4 Å². The average molecular weight is 492 g/mol. The lowest BCUT2D eigenvalue weighted by Crippen LogP contribution is -2.49. The van der Waals surface area contributed by atoms with Crippen LogP contribution in [0.3, 0.4) is 0 Å². The van der Waals surface area contributed by atoms with Crippen molar-refractivity contribution in [1.82, 2.24) is 10.2 Å². The smallest absolute Gasteiger partial charge is 0.242 e. The van der Waals surface area contributed by atoms with Gasteiger partial charge in [0.2, 0.25) is 21.8 Å². The van der Waals surface area contributed by atoms with Crippen LogP contribution in [0.5, 0.6) is 0 Å². The number of sulfonamides is 1. The van der Waals surface area contributed by atoms with Gasteiger partial charge in [0.1, 0.15) is 11.9 Å². The van der Waals surface area contributed by atoms with Gasteiger partial charge in [-0.05, 0) is 52.3 Å². The minimum atomic E-state index is -3.55. The van der Waals surface area contributed by atoms with Gasteiger partial charge in [-0.25, -0.2) is 12.8 Å². The third kappa shape index (κ3) is 7.83. The highest BCUT2D eigenvalue weighted by Crippen LogP contribution is 2.20. The van der Waals surface area contributed by atoms with E-state index in [2.05, 4.69) is 5.32 Å². The molecule has 0 heterocycles. The summed E-state index contributed by atoms with van der Waals surface area (Å²) in [5.41, 5.74) is 1.83. The normalized spacial score (nSPS) is 12.3. The first-order valence-corrected chi connectivity index (χ1v) is 13.1. The number of anilines is 1. The number of rotatable bonds is 11. The first kappa shape index (κ1) is 27.3. The first-order valence-electron chi connectivity index (χ1n) is 11.3. The molecule has 0 saturated heterocycles. The predicted molar refractivity (Wildman–Crippen MR) is 132 cm³/mol. The molecule has 0 spiro atoms. The second-order valence-corrected chi connectivity index (χ2v) is 10.6. The molecular weight excluding hydrogens is 457 g/mol. The highest BCUT2D eigenvalue weighted by atomic mass is 32.2. The summed E-state index contributed by atoms with van der Waals surface area (Å²) in [4.78, 5) is 27.1. The number of hydrogen-bond donors (Lipinski definition) is 1. The molecule has 1 N–H and O–H groups in total. The number of hydrogen-bond acceptors (Lipinski definition) is 4. The third-order valence-electron chi connectivity index (χ3n) is 5.37. The minimum absolute atomic E-state index is 0.00559. The van der Waals surface area contributed by atoms with Gasteiger partial charge in [-0.15, -0.1) is 0 Å². The lowest BCUT2D eigenvalue weighted by Gasteiger charge is -2.30. The number of benzene rings is 2. The van der Waals surface area contributed by atoms with E-state index in [0.717, 1.165) is 11.8 Å². The largest absolute Gasteiger partial charge is 0.352 e. The molecule has 34 heavy (non-hydrogen) atoms. The highest BCUT2D eigenvalue weighted by molar-refractivity contribution is 7.92. The molecule has 0 fully saturated rings. The van der Waals surface area contributed by atoms with Crippen LogP contribution in [0.15, 0.2) is 48.5 Å². The maximum atomic E-state index is 14.3. The van der Waals surface area contributed by atoms with Gasteiger partial charge < -0.3 is 10.2 Å². The van der Waals surface area contributed by atoms with Gasteiger partial charge in [0.25, 0.3) is 0 Å². The lowest BCUT2D eigenvalue weighted by atomic mass is 10.1. The fourth-order valence-corrected chi connectivity index (χ4v) is 4.48. The summed E-state index contributed by atoms with van der Waals surface area (Å²) in [6.07, 6.45) is 1.37. The Balaban J connectivity index is 2.17. The molecule has 7 nitrogen and oxygen atoms in total. The quantitative estimate of drug-likeness (QED) is 0.520. The van der Waals surface area contributed by atoms with Crippen LogP contribution in [0, 0.1) is 12.7 Å². The molecular formula is C25H34FN3O4S. The second kappa shape index (κ2) is 12.0. The summed E-state index contributed by atoms with van der Waals surface area (Å²) in [6.45, 7) is 7.19. The van der Waals surface area contributed by atoms with Crippen molar-refractivity contribution in [2.75, 3.05) is 17.1 Å². The molecule has 0 aliphatic carbocycles. The van der Waals surface area contributed by atoms with Crippen molar-refractivity contribution in [3.63, 3.8) is 0 Å². The molecule has 2 rings (SSSR count). The topological polar surface area (TPSA) is 86.8 Å². The Morgan fingerprint density at radius 2 is 1.65 bits per heavy atom. The SMILES string of the molecule is Cc1ccc(N(CCCC(=O)N(Cc2ccccc2F)C(C)C(=O)NC(C)C)S(C)(=O)=O)cc1. The molecule has 0 aliphatic rings. The summed E-state index contributed by atoms with van der Waals surface area (Å²) < 4.78 is 40.2. The molecule has 2 aromatic carbocycles. The third-order valence-corrected chi connectivity index (χ3v) is 6.56. The predicted octanol–water partition coefficient (Wildman–Crippen LogP) is 3.62. The monoisotopic (exact) mass is 491 g/mol. The summed E-state index contributed by atoms with van der Waals surface area (Å²) >= 11 is 0. The standard InChI is InChI=1S/C25H34FN3O4S/c1-18(2)27-25(31)20(4)28(17-21-9-6-7-10-23(21)26)24(30)11-8-16-29(34(5,32)33)22-14-12-19(3)13-15-22/h6-7,9-10,12-15,18,20H,8,11,16-17H2,1-5H3,(H,27,31). The Bertz CT molecular complexity index is 1090. The van der Waals surface area contributed by atoms with Crippen molar-refractivity contribution in [3.8, 4) is 0 Å². The van der Waals surface area contributed by atoms with E-state index in [1.807, 2.05) is 32.9 Å². The van der Waals surface area contributed by atoms with Crippen molar-refractivity contribution in [1.29, 1.82) is 0 Å². The van der Waals surface area contributed by atoms with Crippen molar-refractivity contribution in [3.05, 3.63) is 65.5 Å². The molecule has 9 heteroatoms. The van der Waals surface area contributed by atoms with Crippen LogP contribution in [0.4, 0.5) is 10.1 Å². The fraction of sp³-hybridized carbons (Fsp3) is 0.440. The van der Waals surface area contributed by atoms with Crippen molar-refractivity contribution < 1.29 is 22.4 Å². The number of halogens is 1. The minimum Gasteiger partial charge on any atom is -0.352 e. The Morgan fingerprint density at radius 3 is 2.21 bits per heavy atom. The summed E-state index contributed by atoms with van der Waals surface area (Å²) in [5, 5.41) is 2.78. The van der Waals surface area contributed by atoms with Crippen molar-refractivity contribution in [2.45, 2.75) is 59.2 Å². The Labute approximate surface area is 202 Å². The molecule has 0 aromatic heterocycles. The maximum Gasteiger partial charge on any atom is 0.242 e. The summed E-state index contributed by atoms with van der Waals surface area (Å²) in [6, 6.07) is 12.3. The van der Waals surface area contributed by atoms with Crippen LogP contribution in [-0.4, -0.2) is 50.0 Å². The first-order chi connectivity index (χ1) is 15.9. The van der Waals surface area contributed by atoms with Gasteiger partial charge in [0, 0.05) is 31.1 Å². The molecule has 2 amide bonds. The molecule has 0 bridgehead atoms. The van der Waals surface area contributed by atoms with Gasteiger partial charge in [-0.1, -0.05) is 35.9 Å². The number of nitrogens with one attached hydrogen (secondary N) is 1. The van der Waals surface area contributed by atoms with Crippen molar-refractivity contribution >= 4 is 27.5 Å². The Morgan fingerprint density at radius 1 is 1.03 bits per heavy atom. The number of carbonyl (C=O) groups is 2. The fourth-order valence-electron chi connectivity index (χ4n) is 3.51. The van der Waals surface area contributed by atoms with Crippen LogP contribution in [0.2, 0.25) is 0 Å². The molecule has 1 atom stereocenters. The number of carbonyl (C=O) groups excluding carboxylic acids is 2. The van der Waals surface area contributed by atoms with E-state index in [0.29, 0.717) is 11.3 Å². The van der Waals surface area contributed by atoms with Crippen molar-refractivity contribution in [2.24, 2.45) is 0 Å². The molecule has 2 aromatic rings. The number of amides is 2. The van der Waals surface area contributed by atoms with Gasteiger partial charge in [-0.2, -0.15) is 0 Å². The van der Waals surface area contributed by atoms with E-state index in [-0.39, 0.29) is 43.8 Å². The van der Waals surface area contributed by atoms with Gasteiger partial charge in [0.05, 0.1) is 11.9 Å². The van der Waals surface area contributed by atoms with Crippen LogP contribution in [0.1, 0.15) is 44.7 Å². The zero-order valence-corrected chi connectivity index (χ0v) is 21.2. The molecule has 0 saturated carbocycles. The summed E-state index contributed by atoms with van der Waals surface area (Å²) in [5.74, 6) is -1.15. The molecule has 1 unspecified atom stereocenters. The zero-order chi connectivity index (χ0) is 25.5. The Kier molecular flexibility index (Phi) is 9.61.